The van der Waals surface area contributed by atoms with E-state index in [1.54, 1.807) is 29.1 Å². The van der Waals surface area contributed by atoms with Crippen LogP contribution in [0.2, 0.25) is 0 Å². The summed E-state index contributed by atoms with van der Waals surface area (Å²) in [5.41, 5.74) is 3.69. The Morgan fingerprint density at radius 2 is 1.92 bits per heavy atom. The van der Waals surface area contributed by atoms with Gasteiger partial charge >= 0.3 is 12.1 Å². The number of anilines is 2. The highest BCUT2D eigenvalue weighted by atomic mass is 32.2. The molecule has 1 fully saturated rings. The Morgan fingerprint density at radius 3 is 2.51 bits per heavy atom. The number of aromatic nitrogens is 1. The lowest BCUT2D eigenvalue weighted by Gasteiger charge is -2.29. The second-order valence-electron chi connectivity index (χ2n) is 8.75. The summed E-state index contributed by atoms with van der Waals surface area (Å²) >= 11 is 1.31. The van der Waals surface area contributed by atoms with Gasteiger partial charge < -0.3 is 10.0 Å². The van der Waals surface area contributed by atoms with Gasteiger partial charge in [0.25, 0.3) is 10.0 Å². The van der Waals surface area contributed by atoms with Crippen LogP contribution >= 0.6 is 11.3 Å². The number of aryl methyl sites for hydroxylation is 1. The van der Waals surface area contributed by atoms with Crippen molar-refractivity contribution in [2.24, 2.45) is 0 Å². The average molecular weight is 593 g/mol. The molecule has 0 amide bonds. The first-order valence-corrected chi connectivity index (χ1v) is 13.8. The second kappa shape index (κ2) is 12.3. The van der Waals surface area contributed by atoms with Crippen molar-refractivity contribution in [3.05, 3.63) is 70.1 Å². The van der Waals surface area contributed by atoms with Gasteiger partial charge in [-0.05, 0) is 55.3 Å². The lowest BCUT2D eigenvalue weighted by Crippen LogP contribution is -2.35. The number of thiazole rings is 1. The molecule has 212 valence electrons. The number of hydrogen-bond donors (Lipinski definition) is 2. The van der Waals surface area contributed by atoms with E-state index in [-0.39, 0.29) is 10.9 Å². The number of nitrogens with zero attached hydrogens (tertiary/aromatic N) is 3. The van der Waals surface area contributed by atoms with Crippen molar-refractivity contribution >= 4 is 38.8 Å². The van der Waals surface area contributed by atoms with Crippen molar-refractivity contribution in [1.29, 1.82) is 0 Å². The normalized spacial score (nSPS) is 15.9. The average Bonchev–Trinajstić information content (AvgIpc) is 3.53. The maximum Gasteiger partial charge on any atom is 0.490 e. The van der Waals surface area contributed by atoms with Crippen molar-refractivity contribution < 1.29 is 40.3 Å². The van der Waals surface area contributed by atoms with E-state index in [1.807, 2.05) is 14.0 Å². The lowest BCUT2D eigenvalue weighted by molar-refractivity contribution is -0.192. The highest BCUT2D eigenvalue weighted by Crippen LogP contribution is 2.28. The van der Waals surface area contributed by atoms with Gasteiger partial charge in [0.15, 0.2) is 5.82 Å². The summed E-state index contributed by atoms with van der Waals surface area (Å²) in [6, 6.07) is 8.75. The molecule has 2 N–H and O–H groups in total. The third-order valence-corrected chi connectivity index (χ3v) is 7.91. The number of nitrogens with one attached hydrogen (secondary N) is 1. The molecule has 1 atom stereocenters. The highest BCUT2D eigenvalue weighted by molar-refractivity contribution is 7.92. The number of carboxylic acids is 1. The summed E-state index contributed by atoms with van der Waals surface area (Å²) in [5.74, 6) is -3.30. The van der Waals surface area contributed by atoms with Crippen LogP contribution in [0.4, 0.5) is 33.5 Å². The van der Waals surface area contributed by atoms with Gasteiger partial charge in [-0.25, -0.2) is 27.0 Å². The van der Waals surface area contributed by atoms with Gasteiger partial charge in [0.2, 0.25) is 0 Å². The first-order valence-electron chi connectivity index (χ1n) is 11.4. The molecule has 4 rings (SSSR count). The van der Waals surface area contributed by atoms with Crippen LogP contribution in [0.5, 0.6) is 0 Å². The Balaban J connectivity index is 0.000000532. The number of carbonyl (C=O) groups is 1. The van der Waals surface area contributed by atoms with Crippen molar-refractivity contribution in [1.82, 2.24) is 9.88 Å². The van der Waals surface area contributed by atoms with E-state index in [2.05, 4.69) is 19.5 Å². The minimum atomic E-state index is -5.08. The molecule has 3 aromatic rings. The number of likely N-dealkylation sites (tertiary alicyclic amines) is 1. The monoisotopic (exact) mass is 592 g/mol. The number of likely N-dealkylation sites (N-methyl/N-ethyl adjacent to an activating group) is 1. The molecular weight excluding hydrogens is 567 g/mol. The van der Waals surface area contributed by atoms with E-state index in [0.29, 0.717) is 24.5 Å². The largest absolute Gasteiger partial charge is 0.490 e. The van der Waals surface area contributed by atoms with E-state index in [0.717, 1.165) is 36.3 Å². The topological polar surface area (TPSA) is 103 Å². The third-order valence-electron chi connectivity index (χ3n) is 5.97. The molecule has 0 radical (unpaired) electrons. The van der Waals surface area contributed by atoms with Crippen LogP contribution in [-0.4, -0.2) is 61.7 Å². The van der Waals surface area contributed by atoms with Crippen molar-refractivity contribution in [2.75, 3.05) is 29.8 Å². The zero-order valence-corrected chi connectivity index (χ0v) is 22.4. The predicted molar refractivity (Wildman–Crippen MR) is 136 cm³/mol. The lowest BCUT2D eigenvalue weighted by atomic mass is 10.1. The van der Waals surface area contributed by atoms with Crippen LogP contribution in [0.1, 0.15) is 17.5 Å². The minimum Gasteiger partial charge on any atom is -0.475 e. The number of sulfonamides is 1. The molecule has 0 spiro atoms. The van der Waals surface area contributed by atoms with E-state index < -0.39 is 33.8 Å². The number of halogens is 5. The smallest absolute Gasteiger partial charge is 0.475 e. The van der Waals surface area contributed by atoms with Crippen LogP contribution in [0, 0.1) is 18.6 Å². The van der Waals surface area contributed by atoms with Crippen molar-refractivity contribution in [2.45, 2.75) is 37.0 Å². The summed E-state index contributed by atoms with van der Waals surface area (Å²) in [7, 11) is -1.74. The predicted octanol–water partition coefficient (Wildman–Crippen LogP) is 4.87. The second-order valence-corrected chi connectivity index (χ2v) is 11.2. The van der Waals surface area contributed by atoms with E-state index >= 15 is 0 Å². The van der Waals surface area contributed by atoms with Gasteiger partial charge in [0, 0.05) is 49.4 Å². The van der Waals surface area contributed by atoms with Gasteiger partial charge in [-0.1, -0.05) is 0 Å². The fourth-order valence-corrected chi connectivity index (χ4v) is 5.67. The molecule has 1 aliphatic rings. The van der Waals surface area contributed by atoms with E-state index in [4.69, 9.17) is 9.90 Å². The zero-order chi connectivity index (χ0) is 29.0. The molecule has 0 aliphatic carbocycles. The standard InChI is InChI=1S/C22H24F2N4O2S2.C2HF3O2/c1-15-9-19(32(29,30)26-22-13-31-14-25-22)4-6-21(15)27(2)18-7-8-28(12-18)11-16-10-17(23)3-5-20(16)24;3-2(4,5)1(6)7/h3-6,9-10,13-14,18,26H,7-8,11-12H2,1-2H3;(H,6,7)/t18-;/m0./s1. The Bertz CT molecular complexity index is 1400. The maximum atomic E-state index is 14.0. The molecule has 1 aliphatic heterocycles. The van der Waals surface area contributed by atoms with Gasteiger partial charge in [-0.2, -0.15) is 13.2 Å². The summed E-state index contributed by atoms with van der Waals surface area (Å²) in [6.45, 7) is 3.71. The van der Waals surface area contributed by atoms with Crippen LogP contribution in [0.3, 0.4) is 0 Å². The molecule has 1 aromatic heterocycles. The Kier molecular flexibility index (Phi) is 9.51. The number of aliphatic carboxylic acids is 1. The minimum absolute atomic E-state index is 0.176. The first-order chi connectivity index (χ1) is 18.2. The van der Waals surface area contributed by atoms with Gasteiger partial charge in [-0.3, -0.25) is 9.62 Å². The van der Waals surface area contributed by atoms with E-state index in [9.17, 15) is 30.4 Å². The third kappa shape index (κ3) is 8.10. The van der Waals surface area contributed by atoms with E-state index in [1.165, 1.54) is 17.4 Å². The van der Waals surface area contributed by atoms with Crippen LogP contribution in [0.25, 0.3) is 0 Å². The number of rotatable bonds is 7. The Morgan fingerprint density at radius 1 is 1.23 bits per heavy atom. The van der Waals surface area contributed by atoms with Gasteiger partial charge in [0.1, 0.15) is 11.6 Å². The molecule has 8 nitrogen and oxygen atoms in total. The number of carboxylic acid groups (broad SMARTS) is 1. The fraction of sp³-hybridized carbons (Fsp3) is 0.333. The quantitative estimate of drug-likeness (QED) is 0.378. The number of benzene rings is 2. The molecule has 2 aromatic carbocycles. The van der Waals surface area contributed by atoms with Crippen LogP contribution in [0.15, 0.2) is 52.2 Å². The van der Waals surface area contributed by atoms with Crippen LogP contribution in [-0.2, 0) is 21.4 Å². The highest BCUT2D eigenvalue weighted by Gasteiger charge is 2.38. The summed E-state index contributed by atoms with van der Waals surface area (Å²) in [6.07, 6.45) is -4.21. The SMILES string of the molecule is Cc1cc(S(=O)(=O)Nc2cscn2)ccc1N(C)[C@H]1CCN(Cc2cc(F)ccc2F)C1.O=C(O)C(F)(F)F. The number of hydrogen-bond acceptors (Lipinski definition) is 7. The fourth-order valence-electron chi connectivity index (χ4n) is 4.02. The first kappa shape index (κ1) is 30.2. The molecular formula is C24H25F5N4O4S2. The Hall–Kier alpha value is -3.30. The molecule has 39 heavy (non-hydrogen) atoms. The molecule has 0 unspecified atom stereocenters. The molecule has 15 heteroatoms. The molecule has 0 bridgehead atoms. The van der Waals surface area contributed by atoms with Crippen molar-refractivity contribution in [3.8, 4) is 0 Å². The molecule has 1 saturated heterocycles. The molecule has 0 saturated carbocycles. The van der Waals surface area contributed by atoms with Gasteiger partial charge in [-0.15, -0.1) is 11.3 Å². The van der Waals surface area contributed by atoms with Crippen molar-refractivity contribution in [3.63, 3.8) is 0 Å². The summed E-state index contributed by atoms with van der Waals surface area (Å²) < 4.78 is 86.9. The number of alkyl halides is 3. The summed E-state index contributed by atoms with van der Waals surface area (Å²) in [5, 5.41) is 8.76. The maximum absolute atomic E-state index is 14.0. The van der Waals surface area contributed by atoms with Gasteiger partial charge in [0.05, 0.1) is 10.4 Å². The molecule has 2 heterocycles. The Labute approximate surface area is 225 Å². The van der Waals surface area contributed by atoms with Crippen LogP contribution < -0.4 is 9.62 Å². The zero-order valence-electron chi connectivity index (χ0n) is 20.7. The summed E-state index contributed by atoms with van der Waals surface area (Å²) in [4.78, 5) is 17.3.